The average Bonchev–Trinajstić information content (AvgIpc) is 2.85. The summed E-state index contributed by atoms with van der Waals surface area (Å²) in [5.41, 5.74) is 5.51. The molecule has 1 heteroatoms. The van der Waals surface area contributed by atoms with Crippen molar-refractivity contribution in [3.05, 3.63) is 59.4 Å². The zero-order valence-electron chi connectivity index (χ0n) is 8.53. The molecule has 0 aliphatic heterocycles. The van der Waals surface area contributed by atoms with Crippen LogP contribution in [0.5, 0.6) is 0 Å². The van der Waals surface area contributed by atoms with Crippen LogP contribution in [0.4, 0.5) is 0 Å². The summed E-state index contributed by atoms with van der Waals surface area (Å²) in [5.74, 6) is 0. The van der Waals surface area contributed by atoms with E-state index in [-0.39, 0.29) is 0 Å². The van der Waals surface area contributed by atoms with Crippen LogP contribution in [0.25, 0.3) is 11.6 Å². The van der Waals surface area contributed by atoms with Gasteiger partial charge in [0.25, 0.3) is 0 Å². The monoisotopic (exact) mass is 195 g/mol. The van der Waals surface area contributed by atoms with Gasteiger partial charge in [-0.3, -0.25) is 0 Å². The van der Waals surface area contributed by atoms with Crippen LogP contribution in [-0.4, -0.2) is 4.98 Å². The minimum absolute atomic E-state index is 1.16. The summed E-state index contributed by atoms with van der Waals surface area (Å²) in [6.45, 7) is 0. The molecular weight excluding hydrogens is 182 g/mol. The third-order valence-corrected chi connectivity index (χ3v) is 2.96. The van der Waals surface area contributed by atoms with Crippen molar-refractivity contribution < 1.29 is 0 Å². The number of H-pyrrole nitrogens is 1. The Kier molecular flexibility index (Phi) is 1.95. The molecule has 3 rings (SSSR count). The minimum atomic E-state index is 1.16. The summed E-state index contributed by atoms with van der Waals surface area (Å²) in [6, 6.07) is 12.7. The van der Waals surface area contributed by atoms with Gasteiger partial charge >= 0.3 is 0 Å². The Morgan fingerprint density at radius 2 is 1.87 bits per heavy atom. The fourth-order valence-corrected chi connectivity index (χ4v) is 2.20. The fourth-order valence-electron chi connectivity index (χ4n) is 2.20. The van der Waals surface area contributed by atoms with Crippen LogP contribution in [0.1, 0.15) is 23.2 Å². The number of hydrogen-bond donors (Lipinski definition) is 1. The Labute approximate surface area is 89.5 Å². The fraction of sp³-hybridized carbons (Fsp3) is 0.143. The van der Waals surface area contributed by atoms with Crippen molar-refractivity contribution in [3.8, 4) is 0 Å². The van der Waals surface area contributed by atoms with Gasteiger partial charge in [-0.25, -0.2) is 0 Å². The summed E-state index contributed by atoms with van der Waals surface area (Å²) in [6.07, 6.45) is 6.65. The Morgan fingerprint density at radius 1 is 1.00 bits per heavy atom. The van der Waals surface area contributed by atoms with Crippen molar-refractivity contribution in [2.24, 2.45) is 0 Å². The molecule has 0 saturated carbocycles. The molecule has 0 radical (unpaired) electrons. The highest BCUT2D eigenvalue weighted by molar-refractivity contribution is 5.83. The van der Waals surface area contributed by atoms with Crippen LogP contribution in [0, 0.1) is 0 Å². The highest BCUT2D eigenvalue weighted by Crippen LogP contribution is 2.32. The number of aromatic nitrogens is 1. The molecule has 0 unspecified atom stereocenters. The molecule has 0 amide bonds. The lowest BCUT2D eigenvalue weighted by Crippen LogP contribution is -1.78. The van der Waals surface area contributed by atoms with Gasteiger partial charge in [0.2, 0.25) is 0 Å². The Hall–Kier alpha value is -1.76. The molecule has 0 bridgehead atoms. The van der Waals surface area contributed by atoms with Crippen molar-refractivity contribution in [3.63, 3.8) is 0 Å². The van der Waals surface area contributed by atoms with E-state index in [0.29, 0.717) is 0 Å². The van der Waals surface area contributed by atoms with E-state index < -0.39 is 0 Å². The first kappa shape index (κ1) is 8.54. The molecule has 15 heavy (non-hydrogen) atoms. The largest absolute Gasteiger partial charge is 0.361 e. The van der Waals surface area contributed by atoms with Crippen molar-refractivity contribution in [2.45, 2.75) is 12.8 Å². The molecule has 0 saturated heterocycles. The molecular formula is C14H13N. The third kappa shape index (κ3) is 1.50. The van der Waals surface area contributed by atoms with Gasteiger partial charge in [-0.2, -0.15) is 0 Å². The minimum Gasteiger partial charge on any atom is -0.361 e. The molecule has 1 heterocycles. The SMILES string of the molecule is C(=C1CCc2cc[nH]c21)c1ccccc1. The molecule has 1 nitrogen and oxygen atoms in total. The first-order chi connectivity index (χ1) is 7.43. The summed E-state index contributed by atoms with van der Waals surface area (Å²) in [7, 11) is 0. The summed E-state index contributed by atoms with van der Waals surface area (Å²) in [4.78, 5) is 3.32. The molecule has 0 atom stereocenters. The van der Waals surface area contributed by atoms with Crippen molar-refractivity contribution in [1.82, 2.24) is 4.98 Å². The van der Waals surface area contributed by atoms with E-state index >= 15 is 0 Å². The van der Waals surface area contributed by atoms with Gasteiger partial charge in [0.15, 0.2) is 0 Å². The molecule has 74 valence electrons. The second-order valence-corrected chi connectivity index (χ2v) is 3.96. The smallest absolute Gasteiger partial charge is 0.0445 e. The van der Waals surface area contributed by atoms with Crippen molar-refractivity contribution in [1.29, 1.82) is 0 Å². The molecule has 1 aromatic heterocycles. The van der Waals surface area contributed by atoms with Gasteiger partial charge in [-0.15, -0.1) is 0 Å². The predicted molar refractivity (Wildman–Crippen MR) is 63.4 cm³/mol. The zero-order valence-corrected chi connectivity index (χ0v) is 8.53. The Morgan fingerprint density at radius 3 is 2.73 bits per heavy atom. The van der Waals surface area contributed by atoms with E-state index in [1.165, 1.54) is 28.8 Å². The summed E-state index contributed by atoms with van der Waals surface area (Å²) in [5, 5.41) is 0. The number of hydrogen-bond acceptors (Lipinski definition) is 0. The van der Waals surface area contributed by atoms with Gasteiger partial charge in [-0.1, -0.05) is 30.3 Å². The van der Waals surface area contributed by atoms with Gasteiger partial charge in [0, 0.05) is 11.9 Å². The van der Waals surface area contributed by atoms with E-state index in [2.05, 4.69) is 47.5 Å². The van der Waals surface area contributed by atoms with Crippen LogP contribution in [-0.2, 0) is 6.42 Å². The molecule has 0 spiro atoms. The Balaban J connectivity index is 2.01. The highest BCUT2D eigenvalue weighted by atomic mass is 14.7. The van der Waals surface area contributed by atoms with E-state index in [1.807, 2.05) is 6.20 Å². The Bertz CT molecular complexity index is 491. The summed E-state index contributed by atoms with van der Waals surface area (Å²) < 4.78 is 0. The number of benzene rings is 1. The lowest BCUT2D eigenvalue weighted by atomic mass is 10.1. The maximum absolute atomic E-state index is 3.32. The number of allylic oxidation sites excluding steroid dienone is 1. The maximum Gasteiger partial charge on any atom is 0.0445 e. The number of aryl methyl sites for hydroxylation is 1. The molecule has 1 aliphatic rings. The number of fused-ring (bicyclic) bond motifs is 1. The molecule has 1 N–H and O–H groups in total. The number of aromatic amines is 1. The second kappa shape index (κ2) is 3.43. The molecule has 0 fully saturated rings. The van der Waals surface area contributed by atoms with Gasteiger partial charge in [0.05, 0.1) is 0 Å². The zero-order chi connectivity index (χ0) is 10.1. The molecule has 1 aliphatic carbocycles. The molecule has 1 aromatic carbocycles. The van der Waals surface area contributed by atoms with Crippen molar-refractivity contribution in [2.75, 3.05) is 0 Å². The number of rotatable bonds is 1. The molecule has 2 aromatic rings. The van der Waals surface area contributed by atoms with Crippen LogP contribution < -0.4 is 0 Å². The summed E-state index contributed by atoms with van der Waals surface area (Å²) >= 11 is 0. The average molecular weight is 195 g/mol. The van der Waals surface area contributed by atoms with E-state index in [1.54, 1.807) is 0 Å². The quantitative estimate of drug-likeness (QED) is 0.716. The highest BCUT2D eigenvalue weighted by Gasteiger charge is 2.16. The van der Waals surface area contributed by atoms with Gasteiger partial charge in [-0.05, 0) is 41.7 Å². The topological polar surface area (TPSA) is 15.8 Å². The van der Waals surface area contributed by atoms with E-state index in [0.717, 1.165) is 6.42 Å². The van der Waals surface area contributed by atoms with E-state index in [9.17, 15) is 0 Å². The first-order valence-electron chi connectivity index (χ1n) is 5.36. The van der Waals surface area contributed by atoms with Crippen LogP contribution in [0.15, 0.2) is 42.6 Å². The normalized spacial score (nSPS) is 16.9. The second-order valence-electron chi connectivity index (χ2n) is 3.96. The lowest BCUT2D eigenvalue weighted by molar-refractivity contribution is 1.09. The standard InChI is InChI=1S/C14H13N/c1-2-4-11(5-3-1)10-13-7-6-12-8-9-15-14(12)13/h1-5,8-10,15H,6-7H2. The lowest BCUT2D eigenvalue weighted by Gasteiger charge is -1.98. The maximum atomic E-state index is 3.32. The third-order valence-electron chi connectivity index (χ3n) is 2.96. The van der Waals surface area contributed by atoms with Crippen LogP contribution >= 0.6 is 0 Å². The van der Waals surface area contributed by atoms with Crippen molar-refractivity contribution >= 4 is 11.6 Å². The first-order valence-corrected chi connectivity index (χ1v) is 5.36. The number of nitrogens with one attached hydrogen (secondary N) is 1. The van der Waals surface area contributed by atoms with Gasteiger partial charge < -0.3 is 4.98 Å². The van der Waals surface area contributed by atoms with Crippen LogP contribution in [0.2, 0.25) is 0 Å². The van der Waals surface area contributed by atoms with Gasteiger partial charge in [0.1, 0.15) is 0 Å². The van der Waals surface area contributed by atoms with E-state index in [4.69, 9.17) is 0 Å². The van der Waals surface area contributed by atoms with Crippen LogP contribution in [0.3, 0.4) is 0 Å². The predicted octanol–water partition coefficient (Wildman–Crippen LogP) is 3.50.